The number of nitrogens with zero attached hydrogens (tertiary/aromatic N) is 2. The summed E-state index contributed by atoms with van der Waals surface area (Å²) in [5, 5.41) is 3.51. The minimum atomic E-state index is 0.126. The first-order chi connectivity index (χ1) is 9.15. The molecule has 0 bridgehead atoms. The highest BCUT2D eigenvalue weighted by atomic mass is 16.5. The normalized spacial score (nSPS) is 16.7. The molecule has 0 atom stereocenters. The molecule has 1 saturated heterocycles. The van der Waals surface area contributed by atoms with Gasteiger partial charge in [-0.15, -0.1) is 0 Å². The van der Waals surface area contributed by atoms with Crippen molar-refractivity contribution in [2.75, 3.05) is 46.9 Å². The van der Waals surface area contributed by atoms with Gasteiger partial charge in [0.2, 0.25) is 0 Å². The molecule has 0 radical (unpaired) electrons. The number of amides is 2. The summed E-state index contributed by atoms with van der Waals surface area (Å²) in [5.41, 5.74) is 0. The predicted molar refractivity (Wildman–Crippen MR) is 77.4 cm³/mol. The summed E-state index contributed by atoms with van der Waals surface area (Å²) in [5.74, 6) is 0. The van der Waals surface area contributed by atoms with Crippen molar-refractivity contribution in [3.05, 3.63) is 0 Å². The molecule has 5 nitrogen and oxygen atoms in total. The van der Waals surface area contributed by atoms with Gasteiger partial charge in [-0.05, 0) is 19.3 Å². The number of nitrogens with one attached hydrogen (secondary N) is 1. The zero-order valence-electron chi connectivity index (χ0n) is 12.7. The Morgan fingerprint density at radius 1 is 1.32 bits per heavy atom. The van der Waals surface area contributed by atoms with Crippen molar-refractivity contribution < 1.29 is 9.53 Å². The van der Waals surface area contributed by atoms with Gasteiger partial charge in [-0.3, -0.25) is 0 Å². The van der Waals surface area contributed by atoms with Gasteiger partial charge >= 0.3 is 6.03 Å². The zero-order valence-corrected chi connectivity index (χ0v) is 12.7. The summed E-state index contributed by atoms with van der Waals surface area (Å²) in [6.45, 7) is 6.45. The number of urea groups is 1. The van der Waals surface area contributed by atoms with Crippen LogP contribution in [0.4, 0.5) is 4.79 Å². The predicted octanol–water partition coefficient (Wildman–Crippen LogP) is 1.54. The fourth-order valence-electron chi connectivity index (χ4n) is 2.24. The molecule has 1 rings (SSSR count). The molecule has 0 saturated carbocycles. The van der Waals surface area contributed by atoms with Crippen molar-refractivity contribution in [3.63, 3.8) is 0 Å². The van der Waals surface area contributed by atoms with Crippen LogP contribution < -0.4 is 5.32 Å². The molecule has 0 spiro atoms. The lowest BCUT2D eigenvalue weighted by molar-refractivity contribution is 0.124. The van der Waals surface area contributed by atoms with Gasteiger partial charge in [-0.2, -0.15) is 0 Å². The van der Waals surface area contributed by atoms with Crippen LogP contribution in [0.1, 0.15) is 32.6 Å². The number of carbonyl (C=O) groups excluding carboxylic acids is 1. The number of rotatable bonds is 7. The third-order valence-electron chi connectivity index (χ3n) is 3.47. The Morgan fingerprint density at radius 2 is 2.00 bits per heavy atom. The molecular formula is C14H29N3O2. The van der Waals surface area contributed by atoms with Crippen molar-refractivity contribution in [1.82, 2.24) is 15.1 Å². The molecule has 1 aliphatic rings. The van der Waals surface area contributed by atoms with E-state index < -0.39 is 0 Å². The highest BCUT2D eigenvalue weighted by molar-refractivity contribution is 5.73. The Balaban J connectivity index is 2.05. The zero-order chi connectivity index (χ0) is 14.1. The number of unbranched alkanes of at least 4 members (excludes halogenated alkanes) is 1. The fourth-order valence-corrected chi connectivity index (χ4v) is 2.24. The second-order valence-corrected chi connectivity index (χ2v) is 5.36. The van der Waals surface area contributed by atoms with Crippen LogP contribution in [0.15, 0.2) is 0 Å². The number of hydrogen-bond donors (Lipinski definition) is 1. The van der Waals surface area contributed by atoms with E-state index in [2.05, 4.69) is 12.2 Å². The van der Waals surface area contributed by atoms with E-state index >= 15 is 0 Å². The molecule has 1 heterocycles. The molecule has 19 heavy (non-hydrogen) atoms. The summed E-state index contributed by atoms with van der Waals surface area (Å²) in [7, 11) is 3.61. The third kappa shape index (κ3) is 6.25. The average Bonchev–Trinajstić information content (AvgIpc) is 2.42. The molecule has 0 unspecified atom stereocenters. The average molecular weight is 271 g/mol. The van der Waals surface area contributed by atoms with E-state index in [9.17, 15) is 4.79 Å². The SMILES string of the molecule is CCCCOCCNC1CCN(C(=O)N(C)C)CC1. The quantitative estimate of drug-likeness (QED) is 0.714. The maximum absolute atomic E-state index is 11.8. The smallest absolute Gasteiger partial charge is 0.319 e. The second-order valence-electron chi connectivity index (χ2n) is 5.36. The van der Waals surface area contributed by atoms with Crippen molar-refractivity contribution in [2.24, 2.45) is 0 Å². The van der Waals surface area contributed by atoms with Gasteiger partial charge in [0.05, 0.1) is 6.61 Å². The molecule has 0 aromatic carbocycles. The number of likely N-dealkylation sites (tertiary alicyclic amines) is 1. The monoisotopic (exact) mass is 271 g/mol. The minimum absolute atomic E-state index is 0.126. The first-order valence-corrected chi connectivity index (χ1v) is 7.42. The molecule has 1 N–H and O–H groups in total. The van der Waals surface area contributed by atoms with E-state index in [-0.39, 0.29) is 6.03 Å². The summed E-state index contributed by atoms with van der Waals surface area (Å²) < 4.78 is 5.52. The lowest BCUT2D eigenvalue weighted by atomic mass is 10.1. The number of piperidine rings is 1. The lowest BCUT2D eigenvalue weighted by Crippen LogP contribution is -2.48. The molecule has 1 aliphatic heterocycles. The lowest BCUT2D eigenvalue weighted by Gasteiger charge is -2.34. The van der Waals surface area contributed by atoms with Crippen LogP contribution in [0.5, 0.6) is 0 Å². The molecule has 112 valence electrons. The van der Waals surface area contributed by atoms with E-state index in [1.807, 2.05) is 4.90 Å². The van der Waals surface area contributed by atoms with Crippen LogP contribution in [0.25, 0.3) is 0 Å². The van der Waals surface area contributed by atoms with Gasteiger partial charge in [0.1, 0.15) is 0 Å². The van der Waals surface area contributed by atoms with Crippen LogP contribution in [-0.4, -0.2) is 68.8 Å². The third-order valence-corrected chi connectivity index (χ3v) is 3.47. The van der Waals surface area contributed by atoms with E-state index in [4.69, 9.17) is 4.74 Å². The summed E-state index contributed by atoms with van der Waals surface area (Å²) in [6, 6.07) is 0.655. The van der Waals surface area contributed by atoms with E-state index in [0.717, 1.165) is 52.1 Å². The Morgan fingerprint density at radius 3 is 2.58 bits per heavy atom. The Labute approximate surface area is 117 Å². The van der Waals surface area contributed by atoms with Crippen LogP contribution >= 0.6 is 0 Å². The number of hydrogen-bond acceptors (Lipinski definition) is 3. The largest absolute Gasteiger partial charge is 0.380 e. The first kappa shape index (κ1) is 16.2. The summed E-state index contributed by atoms with van der Waals surface area (Å²) in [6.07, 6.45) is 4.40. The van der Waals surface area contributed by atoms with E-state index in [1.165, 1.54) is 6.42 Å². The molecule has 5 heteroatoms. The maximum Gasteiger partial charge on any atom is 0.319 e. The Bertz CT molecular complexity index is 251. The minimum Gasteiger partial charge on any atom is -0.380 e. The summed E-state index contributed by atoms with van der Waals surface area (Å²) >= 11 is 0. The Kier molecular flexibility index (Phi) is 7.82. The molecule has 0 aliphatic carbocycles. The van der Waals surface area contributed by atoms with Crippen molar-refractivity contribution in [3.8, 4) is 0 Å². The van der Waals surface area contributed by atoms with E-state index in [0.29, 0.717) is 6.04 Å². The molecule has 2 amide bonds. The number of ether oxygens (including phenoxy) is 1. The van der Waals surface area contributed by atoms with Crippen molar-refractivity contribution in [1.29, 1.82) is 0 Å². The van der Waals surface area contributed by atoms with Gasteiger partial charge in [0.25, 0.3) is 0 Å². The van der Waals surface area contributed by atoms with Gasteiger partial charge < -0.3 is 19.9 Å². The van der Waals surface area contributed by atoms with Crippen molar-refractivity contribution >= 4 is 6.03 Å². The first-order valence-electron chi connectivity index (χ1n) is 7.42. The summed E-state index contributed by atoms with van der Waals surface area (Å²) in [4.78, 5) is 15.4. The fraction of sp³-hybridized carbons (Fsp3) is 0.929. The van der Waals surface area contributed by atoms with Gasteiger partial charge in [-0.25, -0.2) is 4.79 Å². The molecule has 0 aromatic heterocycles. The standard InChI is InChI=1S/C14H29N3O2/c1-4-5-11-19-12-8-15-13-6-9-17(10-7-13)14(18)16(2)3/h13,15H,4-12H2,1-3H3. The van der Waals surface area contributed by atoms with Crippen LogP contribution in [0.3, 0.4) is 0 Å². The van der Waals surface area contributed by atoms with Gasteiger partial charge in [0, 0.05) is 46.4 Å². The maximum atomic E-state index is 11.8. The van der Waals surface area contributed by atoms with Crippen LogP contribution in [0.2, 0.25) is 0 Å². The molecular weight excluding hydrogens is 242 g/mol. The molecule has 0 aromatic rings. The van der Waals surface area contributed by atoms with E-state index in [1.54, 1.807) is 19.0 Å². The van der Waals surface area contributed by atoms with Crippen LogP contribution in [-0.2, 0) is 4.74 Å². The Hall–Kier alpha value is -0.810. The van der Waals surface area contributed by atoms with Crippen molar-refractivity contribution in [2.45, 2.75) is 38.6 Å². The molecule has 1 fully saturated rings. The second kappa shape index (κ2) is 9.15. The topological polar surface area (TPSA) is 44.8 Å². The van der Waals surface area contributed by atoms with Gasteiger partial charge in [0.15, 0.2) is 0 Å². The highest BCUT2D eigenvalue weighted by Crippen LogP contribution is 2.11. The number of carbonyl (C=O) groups is 1. The van der Waals surface area contributed by atoms with Gasteiger partial charge in [-0.1, -0.05) is 13.3 Å². The highest BCUT2D eigenvalue weighted by Gasteiger charge is 2.22. The van der Waals surface area contributed by atoms with Crippen LogP contribution in [0, 0.1) is 0 Å².